The fourth-order valence-corrected chi connectivity index (χ4v) is 4.10. The van der Waals surface area contributed by atoms with E-state index in [1.54, 1.807) is 6.92 Å². The molecule has 0 N–H and O–H groups in total. The number of rotatable bonds is 1. The summed E-state index contributed by atoms with van der Waals surface area (Å²) in [5.74, 6) is 1.55. The van der Waals surface area contributed by atoms with Crippen molar-refractivity contribution in [1.29, 1.82) is 0 Å². The van der Waals surface area contributed by atoms with E-state index in [-0.39, 0.29) is 5.78 Å². The predicted octanol–water partition coefficient (Wildman–Crippen LogP) is 0.787. The number of Topliss-reactive ketones (excluding diaryl/α,β-unsaturated/α-hetero) is 1. The third kappa shape index (κ3) is 1.14. The van der Waals surface area contributed by atoms with Gasteiger partial charge in [0.2, 0.25) is 0 Å². The summed E-state index contributed by atoms with van der Waals surface area (Å²) in [7, 11) is -0.943. The maximum atomic E-state index is 11.2. The number of ketones is 1. The van der Waals surface area contributed by atoms with Gasteiger partial charge in [-0.25, -0.2) is 0 Å². The van der Waals surface area contributed by atoms with E-state index in [1.807, 2.05) is 0 Å². The molecule has 2 nitrogen and oxygen atoms in total. The van der Waals surface area contributed by atoms with E-state index in [0.29, 0.717) is 5.75 Å². The van der Waals surface area contributed by atoms with Crippen LogP contribution >= 0.6 is 11.8 Å². The van der Waals surface area contributed by atoms with Gasteiger partial charge in [-0.15, -0.1) is 11.8 Å². The zero-order chi connectivity index (χ0) is 7.78. The lowest BCUT2D eigenvalue weighted by molar-refractivity contribution is -0.117. The van der Waals surface area contributed by atoms with Crippen molar-refractivity contribution in [3.05, 3.63) is 0 Å². The maximum absolute atomic E-state index is 11.2. The molecule has 10 heavy (non-hydrogen) atoms. The van der Waals surface area contributed by atoms with E-state index < -0.39 is 14.9 Å². The molecule has 0 aliphatic carbocycles. The maximum Gasteiger partial charge on any atom is 0.158 e. The molecule has 0 aromatic rings. The molecule has 0 amide bonds. The third-order valence-corrected chi connectivity index (χ3v) is 5.87. The normalized spacial score (nSPS) is 40.0. The summed E-state index contributed by atoms with van der Waals surface area (Å²) in [4.78, 5) is 11.0. The fraction of sp³-hybridized carbons (Fsp3) is 0.833. The van der Waals surface area contributed by atoms with Crippen molar-refractivity contribution in [2.75, 3.05) is 11.5 Å². The molecule has 0 aromatic heterocycles. The van der Waals surface area contributed by atoms with E-state index in [4.69, 9.17) is 0 Å². The largest absolute Gasteiger partial charge is 0.297 e. The van der Waals surface area contributed by atoms with Gasteiger partial charge in [0, 0.05) is 22.3 Å². The van der Waals surface area contributed by atoms with Crippen LogP contribution in [-0.4, -0.2) is 25.6 Å². The average Bonchev–Trinajstić information content (AvgIpc) is 2.15. The van der Waals surface area contributed by atoms with Gasteiger partial charge in [0.25, 0.3) is 0 Å². The molecule has 1 heterocycles. The van der Waals surface area contributed by atoms with E-state index >= 15 is 0 Å². The molecule has 0 spiro atoms. The Balaban J connectivity index is 2.86. The van der Waals surface area contributed by atoms with Crippen molar-refractivity contribution >= 4 is 28.3 Å². The summed E-state index contributed by atoms with van der Waals surface area (Å²) in [6, 6.07) is 0. The van der Waals surface area contributed by atoms with E-state index in [0.717, 1.165) is 5.75 Å². The lowest BCUT2D eigenvalue weighted by atomic mass is 10.3. The predicted molar refractivity (Wildman–Crippen MR) is 44.6 cm³/mol. The van der Waals surface area contributed by atoms with Gasteiger partial charge in [0.15, 0.2) is 5.78 Å². The van der Waals surface area contributed by atoms with Crippen molar-refractivity contribution in [3.8, 4) is 0 Å². The zero-order valence-electron chi connectivity index (χ0n) is 6.05. The molecule has 58 valence electrons. The highest BCUT2D eigenvalue weighted by atomic mass is 32.2. The summed E-state index contributed by atoms with van der Waals surface area (Å²) in [5, 5.41) is 0. The summed E-state index contributed by atoms with van der Waals surface area (Å²) < 4.78 is 10.6. The zero-order valence-corrected chi connectivity index (χ0v) is 7.68. The van der Waals surface area contributed by atoms with Gasteiger partial charge in [0.05, 0.1) is 0 Å². The molecule has 0 saturated carbocycles. The molecule has 1 saturated heterocycles. The number of thioether (sulfide) groups is 1. The summed E-state index contributed by atoms with van der Waals surface area (Å²) in [5.41, 5.74) is 0. The highest BCUT2D eigenvalue weighted by molar-refractivity contribution is 8.16. The second kappa shape index (κ2) is 2.66. The standard InChI is InChI=1S/C6H10O2S2/c1-5(7)6(2)9-3-4-10(6)8/h3-4H2,1-2H3/t6-,10-/m1/s1. The average molecular weight is 178 g/mol. The summed E-state index contributed by atoms with van der Waals surface area (Å²) in [6.45, 7) is 3.28. The Hall–Kier alpha value is 0.170. The number of carbonyl (C=O) groups excluding carboxylic acids is 1. The van der Waals surface area contributed by atoms with Crippen LogP contribution in [0.5, 0.6) is 0 Å². The molecule has 1 rings (SSSR count). The highest BCUT2D eigenvalue weighted by Crippen LogP contribution is 2.35. The van der Waals surface area contributed by atoms with Crippen LogP contribution in [0.4, 0.5) is 0 Å². The first-order chi connectivity index (χ1) is 4.57. The lowest BCUT2D eigenvalue weighted by Crippen LogP contribution is -2.31. The first kappa shape index (κ1) is 8.27. The quantitative estimate of drug-likeness (QED) is 0.595. The topological polar surface area (TPSA) is 34.1 Å². The molecule has 0 aromatic carbocycles. The number of hydrogen-bond donors (Lipinski definition) is 0. The Bertz CT molecular complexity index is 190. The van der Waals surface area contributed by atoms with Crippen LogP contribution in [-0.2, 0) is 15.6 Å². The molecular formula is C6H10O2S2. The Morgan fingerprint density at radius 1 is 1.70 bits per heavy atom. The van der Waals surface area contributed by atoms with Crippen molar-refractivity contribution < 1.29 is 9.00 Å². The Morgan fingerprint density at radius 2 is 2.30 bits per heavy atom. The minimum absolute atomic E-state index is 0.0355. The second-order valence-corrected chi connectivity index (χ2v) is 6.09. The van der Waals surface area contributed by atoms with Gasteiger partial charge in [0.1, 0.15) is 4.08 Å². The van der Waals surface area contributed by atoms with Gasteiger partial charge in [-0.3, -0.25) is 9.00 Å². The molecular weight excluding hydrogens is 168 g/mol. The SMILES string of the molecule is CC(=O)[C@]1(C)SCC[S@]1=O. The molecule has 0 bridgehead atoms. The highest BCUT2D eigenvalue weighted by Gasteiger charge is 2.41. The van der Waals surface area contributed by atoms with Crippen molar-refractivity contribution in [2.24, 2.45) is 0 Å². The van der Waals surface area contributed by atoms with Gasteiger partial charge < -0.3 is 0 Å². The molecule has 0 radical (unpaired) electrons. The van der Waals surface area contributed by atoms with E-state index in [2.05, 4.69) is 0 Å². The van der Waals surface area contributed by atoms with Crippen LogP contribution in [0.3, 0.4) is 0 Å². The van der Waals surface area contributed by atoms with E-state index in [1.165, 1.54) is 18.7 Å². The minimum atomic E-state index is -0.943. The summed E-state index contributed by atoms with van der Waals surface area (Å²) in [6.07, 6.45) is 0. The van der Waals surface area contributed by atoms with Crippen molar-refractivity contribution in [2.45, 2.75) is 17.9 Å². The monoisotopic (exact) mass is 178 g/mol. The Morgan fingerprint density at radius 3 is 2.50 bits per heavy atom. The Kier molecular flexibility index (Phi) is 2.20. The van der Waals surface area contributed by atoms with Crippen LogP contribution < -0.4 is 0 Å². The van der Waals surface area contributed by atoms with Crippen molar-refractivity contribution in [1.82, 2.24) is 0 Å². The van der Waals surface area contributed by atoms with Gasteiger partial charge >= 0.3 is 0 Å². The lowest BCUT2D eigenvalue weighted by Gasteiger charge is -2.16. The van der Waals surface area contributed by atoms with Crippen LogP contribution in [0.1, 0.15) is 13.8 Å². The number of carbonyl (C=O) groups is 1. The first-order valence-corrected chi connectivity index (χ1v) is 5.41. The fourth-order valence-electron chi connectivity index (χ4n) is 0.835. The molecule has 1 fully saturated rings. The minimum Gasteiger partial charge on any atom is -0.297 e. The van der Waals surface area contributed by atoms with E-state index in [9.17, 15) is 9.00 Å². The summed E-state index contributed by atoms with van der Waals surface area (Å²) >= 11 is 1.51. The molecule has 0 unspecified atom stereocenters. The third-order valence-electron chi connectivity index (χ3n) is 1.72. The van der Waals surface area contributed by atoms with Gasteiger partial charge in [-0.05, 0) is 13.8 Å². The van der Waals surface area contributed by atoms with Gasteiger partial charge in [-0.2, -0.15) is 0 Å². The van der Waals surface area contributed by atoms with Crippen molar-refractivity contribution in [3.63, 3.8) is 0 Å². The van der Waals surface area contributed by atoms with Crippen LogP contribution in [0.15, 0.2) is 0 Å². The smallest absolute Gasteiger partial charge is 0.158 e. The van der Waals surface area contributed by atoms with Crippen LogP contribution in [0.25, 0.3) is 0 Å². The Labute approximate surface area is 67.2 Å². The first-order valence-electron chi connectivity index (χ1n) is 3.11. The van der Waals surface area contributed by atoms with Gasteiger partial charge in [-0.1, -0.05) is 0 Å². The number of hydrogen-bond acceptors (Lipinski definition) is 3. The molecule has 1 aliphatic heterocycles. The van der Waals surface area contributed by atoms with Crippen LogP contribution in [0, 0.1) is 0 Å². The molecule has 2 atom stereocenters. The molecule has 1 aliphatic rings. The second-order valence-electron chi connectivity index (χ2n) is 2.40. The van der Waals surface area contributed by atoms with Crippen LogP contribution in [0.2, 0.25) is 0 Å². The molecule has 4 heteroatoms.